The van der Waals surface area contributed by atoms with Crippen molar-refractivity contribution in [3.8, 4) is 11.5 Å². The molecule has 2 unspecified atom stereocenters. The summed E-state index contributed by atoms with van der Waals surface area (Å²) in [6.45, 7) is 3.10. The van der Waals surface area contributed by atoms with E-state index < -0.39 is 0 Å². The Bertz CT molecular complexity index is 450. The molecule has 1 fully saturated rings. The summed E-state index contributed by atoms with van der Waals surface area (Å²) in [4.78, 5) is 0. The zero-order valence-corrected chi connectivity index (χ0v) is 14.6. The van der Waals surface area contributed by atoms with Crippen molar-refractivity contribution in [1.82, 2.24) is 5.32 Å². The predicted molar refractivity (Wildman–Crippen MR) is 89.1 cm³/mol. The molecule has 0 radical (unpaired) electrons. The van der Waals surface area contributed by atoms with Gasteiger partial charge in [-0.15, -0.1) is 0 Å². The van der Waals surface area contributed by atoms with Crippen molar-refractivity contribution >= 4 is 27.7 Å². The minimum Gasteiger partial charge on any atom is -0.495 e. The van der Waals surface area contributed by atoms with E-state index in [0.29, 0.717) is 11.3 Å². The summed E-state index contributed by atoms with van der Waals surface area (Å²) in [5.41, 5.74) is 1.21. The molecule has 1 aliphatic rings. The highest BCUT2D eigenvalue weighted by Gasteiger charge is 2.29. The second kappa shape index (κ2) is 7.57. The lowest BCUT2D eigenvalue weighted by Gasteiger charge is -2.26. The van der Waals surface area contributed by atoms with Crippen molar-refractivity contribution < 1.29 is 9.47 Å². The highest BCUT2D eigenvalue weighted by molar-refractivity contribution is 9.10. The normalized spacial score (nSPS) is 19.9. The van der Waals surface area contributed by atoms with E-state index in [-0.39, 0.29) is 0 Å². The van der Waals surface area contributed by atoms with Gasteiger partial charge < -0.3 is 14.8 Å². The lowest BCUT2D eigenvalue weighted by atomic mass is 9.99. The Balaban J connectivity index is 2.39. The highest BCUT2D eigenvalue weighted by atomic mass is 79.9. The van der Waals surface area contributed by atoms with E-state index in [4.69, 9.17) is 9.47 Å². The molecule has 20 heavy (non-hydrogen) atoms. The van der Waals surface area contributed by atoms with Gasteiger partial charge in [-0.25, -0.2) is 0 Å². The number of thioether (sulfide) groups is 1. The summed E-state index contributed by atoms with van der Waals surface area (Å²) < 4.78 is 11.9. The van der Waals surface area contributed by atoms with Crippen LogP contribution in [-0.2, 0) is 0 Å². The van der Waals surface area contributed by atoms with Gasteiger partial charge in [0, 0.05) is 16.9 Å². The SMILES string of the molecule is CCNC(c1ccc(OC)c(Br)c1OC)C1CCCS1. The fraction of sp³-hybridized carbons (Fsp3) is 0.600. The van der Waals surface area contributed by atoms with Crippen molar-refractivity contribution in [3.63, 3.8) is 0 Å². The number of hydrogen-bond donors (Lipinski definition) is 1. The Labute approximate surface area is 133 Å². The van der Waals surface area contributed by atoms with Gasteiger partial charge in [0.15, 0.2) is 0 Å². The van der Waals surface area contributed by atoms with Crippen LogP contribution in [0.3, 0.4) is 0 Å². The van der Waals surface area contributed by atoms with E-state index in [9.17, 15) is 0 Å². The number of benzene rings is 1. The van der Waals surface area contributed by atoms with E-state index in [1.54, 1.807) is 14.2 Å². The predicted octanol–water partition coefficient (Wildman–Crippen LogP) is 4.01. The molecule has 1 aliphatic heterocycles. The summed E-state index contributed by atoms with van der Waals surface area (Å²) in [5, 5.41) is 4.23. The van der Waals surface area contributed by atoms with Crippen LogP contribution in [-0.4, -0.2) is 31.8 Å². The van der Waals surface area contributed by atoms with E-state index in [1.807, 2.05) is 6.07 Å². The van der Waals surface area contributed by atoms with Crippen LogP contribution >= 0.6 is 27.7 Å². The standard InChI is InChI=1S/C15H22BrNO2S/c1-4-17-14(12-6-5-9-20-12)10-7-8-11(18-2)13(16)15(10)19-3/h7-8,12,14,17H,4-6,9H2,1-3H3. The first kappa shape index (κ1) is 16.0. The van der Waals surface area contributed by atoms with Crippen LogP contribution in [0, 0.1) is 0 Å². The third kappa shape index (κ3) is 3.26. The summed E-state index contributed by atoms with van der Waals surface area (Å²) in [5.74, 6) is 2.94. The smallest absolute Gasteiger partial charge is 0.141 e. The first-order chi connectivity index (χ1) is 9.72. The van der Waals surface area contributed by atoms with E-state index in [0.717, 1.165) is 22.5 Å². The summed E-state index contributed by atoms with van der Waals surface area (Å²) in [6, 6.07) is 4.45. The third-order valence-electron chi connectivity index (χ3n) is 3.61. The molecule has 0 spiro atoms. The molecule has 0 amide bonds. The molecule has 0 aliphatic carbocycles. The molecule has 2 atom stereocenters. The second-order valence-electron chi connectivity index (χ2n) is 4.79. The van der Waals surface area contributed by atoms with Crippen LogP contribution in [0.1, 0.15) is 31.4 Å². The van der Waals surface area contributed by atoms with Crippen LogP contribution < -0.4 is 14.8 Å². The average Bonchev–Trinajstić information content (AvgIpc) is 2.98. The molecule has 5 heteroatoms. The number of hydrogen-bond acceptors (Lipinski definition) is 4. The summed E-state index contributed by atoms with van der Waals surface area (Å²) in [7, 11) is 3.39. The molecule has 1 aromatic rings. The Hall–Kier alpha value is -0.390. The summed E-state index contributed by atoms with van der Waals surface area (Å²) in [6.07, 6.45) is 2.56. The Morgan fingerprint density at radius 3 is 2.75 bits per heavy atom. The van der Waals surface area contributed by atoms with Crippen molar-refractivity contribution in [2.24, 2.45) is 0 Å². The van der Waals surface area contributed by atoms with E-state index >= 15 is 0 Å². The minimum absolute atomic E-state index is 0.324. The zero-order valence-electron chi connectivity index (χ0n) is 12.2. The molecular formula is C15H22BrNO2S. The minimum atomic E-state index is 0.324. The lowest BCUT2D eigenvalue weighted by Crippen LogP contribution is -2.29. The number of ether oxygens (including phenoxy) is 2. The van der Waals surface area contributed by atoms with Gasteiger partial charge in [-0.1, -0.05) is 6.92 Å². The molecule has 1 aromatic carbocycles. The van der Waals surface area contributed by atoms with Crippen molar-refractivity contribution in [3.05, 3.63) is 22.2 Å². The highest BCUT2D eigenvalue weighted by Crippen LogP contribution is 2.44. The molecule has 1 heterocycles. The maximum atomic E-state index is 5.63. The van der Waals surface area contributed by atoms with Crippen LogP contribution in [0.4, 0.5) is 0 Å². The maximum absolute atomic E-state index is 5.63. The Morgan fingerprint density at radius 1 is 1.40 bits per heavy atom. The first-order valence-corrected chi connectivity index (χ1v) is 8.82. The monoisotopic (exact) mass is 359 g/mol. The topological polar surface area (TPSA) is 30.5 Å². The molecule has 0 bridgehead atoms. The molecule has 112 valence electrons. The quantitative estimate of drug-likeness (QED) is 0.830. The lowest BCUT2D eigenvalue weighted by molar-refractivity contribution is 0.378. The molecule has 2 rings (SSSR count). The fourth-order valence-corrected chi connectivity index (χ4v) is 4.78. The van der Waals surface area contributed by atoms with Crippen LogP contribution in [0.5, 0.6) is 11.5 Å². The van der Waals surface area contributed by atoms with E-state index in [1.165, 1.54) is 24.2 Å². The van der Waals surface area contributed by atoms with Crippen LogP contribution in [0.2, 0.25) is 0 Å². The fourth-order valence-electron chi connectivity index (χ4n) is 2.69. The van der Waals surface area contributed by atoms with Gasteiger partial charge >= 0.3 is 0 Å². The third-order valence-corrected chi connectivity index (χ3v) is 5.82. The molecule has 1 saturated heterocycles. The van der Waals surface area contributed by atoms with Crippen molar-refractivity contribution in [2.45, 2.75) is 31.1 Å². The number of nitrogens with one attached hydrogen (secondary N) is 1. The van der Waals surface area contributed by atoms with Crippen LogP contribution in [0.15, 0.2) is 16.6 Å². The largest absolute Gasteiger partial charge is 0.495 e. The molecular weight excluding hydrogens is 338 g/mol. The second-order valence-corrected chi connectivity index (χ2v) is 6.93. The average molecular weight is 360 g/mol. The molecule has 1 N–H and O–H groups in total. The van der Waals surface area contributed by atoms with Crippen molar-refractivity contribution in [1.29, 1.82) is 0 Å². The van der Waals surface area contributed by atoms with Crippen LogP contribution in [0.25, 0.3) is 0 Å². The first-order valence-electron chi connectivity index (χ1n) is 6.98. The van der Waals surface area contributed by atoms with Gasteiger partial charge in [0.25, 0.3) is 0 Å². The zero-order chi connectivity index (χ0) is 14.5. The number of halogens is 1. The number of rotatable bonds is 6. The maximum Gasteiger partial charge on any atom is 0.141 e. The van der Waals surface area contributed by atoms with Crippen molar-refractivity contribution in [2.75, 3.05) is 26.5 Å². The molecule has 0 aromatic heterocycles. The van der Waals surface area contributed by atoms with Gasteiger partial charge in [0.1, 0.15) is 16.0 Å². The number of methoxy groups -OCH3 is 2. The van der Waals surface area contributed by atoms with E-state index in [2.05, 4.69) is 46.0 Å². The Morgan fingerprint density at radius 2 is 2.20 bits per heavy atom. The molecule has 0 saturated carbocycles. The van der Waals surface area contributed by atoms with Gasteiger partial charge in [-0.05, 0) is 53.2 Å². The van der Waals surface area contributed by atoms with Gasteiger partial charge in [-0.3, -0.25) is 0 Å². The Kier molecular flexibility index (Phi) is 6.05. The van der Waals surface area contributed by atoms with Gasteiger partial charge in [-0.2, -0.15) is 11.8 Å². The molecule has 3 nitrogen and oxygen atoms in total. The van der Waals surface area contributed by atoms with Gasteiger partial charge in [0.2, 0.25) is 0 Å². The van der Waals surface area contributed by atoms with Gasteiger partial charge in [0.05, 0.1) is 14.2 Å². The summed E-state index contributed by atoms with van der Waals surface area (Å²) >= 11 is 5.65.